The van der Waals surface area contributed by atoms with E-state index in [9.17, 15) is 9.59 Å². The largest absolute Gasteiger partial charge is 0.497 e. The maximum atomic E-state index is 12.5. The van der Waals surface area contributed by atoms with Gasteiger partial charge in [0.15, 0.2) is 5.78 Å². The number of carbonyl (C=O) groups is 2. The molecule has 1 amide bonds. The molecule has 0 spiro atoms. The van der Waals surface area contributed by atoms with Crippen molar-refractivity contribution in [2.45, 2.75) is 25.9 Å². The van der Waals surface area contributed by atoms with Crippen molar-refractivity contribution >= 4 is 22.5 Å². The van der Waals surface area contributed by atoms with E-state index in [1.807, 2.05) is 60.5 Å². The Morgan fingerprint density at radius 2 is 1.67 bits per heavy atom. The van der Waals surface area contributed by atoms with Crippen LogP contribution in [0.1, 0.15) is 18.1 Å². The number of ketones is 1. The third-order valence-electron chi connectivity index (χ3n) is 5.09. The summed E-state index contributed by atoms with van der Waals surface area (Å²) in [5, 5.41) is 5.12. The molecule has 0 aromatic heterocycles. The number of fused-ring (bicyclic) bond motifs is 1. The Balaban J connectivity index is 1.58. The maximum Gasteiger partial charge on any atom is 0.234 e. The molecular formula is C25H28N2O3. The van der Waals surface area contributed by atoms with Crippen LogP contribution in [-0.2, 0) is 22.6 Å². The number of carbonyl (C=O) groups excluding carboxylic acids is 2. The minimum absolute atomic E-state index is 0.0418. The highest BCUT2D eigenvalue weighted by Gasteiger charge is 2.18. The lowest BCUT2D eigenvalue weighted by Crippen LogP contribution is -2.45. The van der Waals surface area contributed by atoms with Crippen LogP contribution in [0.2, 0.25) is 0 Å². The zero-order valence-electron chi connectivity index (χ0n) is 17.7. The van der Waals surface area contributed by atoms with Crippen molar-refractivity contribution in [3.8, 4) is 5.75 Å². The van der Waals surface area contributed by atoms with E-state index in [1.54, 1.807) is 7.11 Å². The van der Waals surface area contributed by atoms with E-state index < -0.39 is 6.04 Å². The van der Waals surface area contributed by atoms with Crippen molar-refractivity contribution in [1.29, 1.82) is 0 Å². The number of likely N-dealkylation sites (N-methyl/N-ethyl adjacent to an activating group) is 1. The molecule has 0 aliphatic rings. The van der Waals surface area contributed by atoms with Gasteiger partial charge >= 0.3 is 0 Å². The number of amides is 1. The Kier molecular flexibility index (Phi) is 7.20. The zero-order valence-corrected chi connectivity index (χ0v) is 17.7. The first-order chi connectivity index (χ1) is 14.4. The van der Waals surface area contributed by atoms with Gasteiger partial charge in [0.05, 0.1) is 19.7 Å². The minimum Gasteiger partial charge on any atom is -0.497 e. The van der Waals surface area contributed by atoms with Gasteiger partial charge in [-0.15, -0.1) is 0 Å². The summed E-state index contributed by atoms with van der Waals surface area (Å²) in [6.07, 6.45) is 0.500. The van der Waals surface area contributed by atoms with Crippen LogP contribution in [0.4, 0.5) is 0 Å². The number of nitrogens with one attached hydrogen (secondary N) is 1. The summed E-state index contributed by atoms with van der Waals surface area (Å²) >= 11 is 0. The normalized spacial score (nSPS) is 12.0. The topological polar surface area (TPSA) is 58.6 Å². The standard InChI is InChI=1S/C25H28N2O3/c1-18(28)24(14-19-7-5-4-6-8-19)26-25(29)17-27(2)16-20-9-10-22-15-23(30-3)12-11-21(22)13-20/h4-13,15,24H,14,16-17H2,1-3H3,(H,26,29)/t24-/m1/s1. The van der Waals surface area contributed by atoms with Crippen LogP contribution in [-0.4, -0.2) is 43.3 Å². The van der Waals surface area contributed by atoms with E-state index in [4.69, 9.17) is 4.74 Å². The van der Waals surface area contributed by atoms with Gasteiger partial charge in [-0.05, 0) is 60.5 Å². The third-order valence-corrected chi connectivity index (χ3v) is 5.09. The van der Waals surface area contributed by atoms with Crippen LogP contribution in [0.15, 0.2) is 66.7 Å². The van der Waals surface area contributed by atoms with Crippen LogP contribution in [0.25, 0.3) is 10.8 Å². The Labute approximate surface area is 177 Å². The van der Waals surface area contributed by atoms with Gasteiger partial charge < -0.3 is 10.1 Å². The van der Waals surface area contributed by atoms with Crippen LogP contribution < -0.4 is 10.1 Å². The van der Waals surface area contributed by atoms with Crippen LogP contribution >= 0.6 is 0 Å². The van der Waals surface area contributed by atoms with Crippen LogP contribution in [0, 0.1) is 0 Å². The van der Waals surface area contributed by atoms with Crippen molar-refractivity contribution in [2.75, 3.05) is 20.7 Å². The number of nitrogens with zero attached hydrogens (tertiary/aromatic N) is 1. The number of benzene rings is 3. The van der Waals surface area contributed by atoms with E-state index in [-0.39, 0.29) is 18.2 Å². The lowest BCUT2D eigenvalue weighted by atomic mass is 10.0. The van der Waals surface area contributed by atoms with Crippen LogP contribution in [0.3, 0.4) is 0 Å². The Morgan fingerprint density at radius 3 is 2.37 bits per heavy atom. The molecule has 0 aliphatic heterocycles. The molecular weight excluding hydrogens is 376 g/mol. The molecule has 0 aliphatic carbocycles. The van der Waals surface area contributed by atoms with E-state index in [0.29, 0.717) is 13.0 Å². The Hall–Kier alpha value is -3.18. The molecule has 5 nitrogen and oxygen atoms in total. The second kappa shape index (κ2) is 10.0. The summed E-state index contributed by atoms with van der Waals surface area (Å²) in [7, 11) is 3.56. The second-order valence-electron chi connectivity index (χ2n) is 7.64. The average molecular weight is 405 g/mol. The van der Waals surface area contributed by atoms with Gasteiger partial charge in [0.2, 0.25) is 5.91 Å². The van der Waals surface area contributed by atoms with E-state index in [1.165, 1.54) is 6.92 Å². The number of Topliss-reactive ketones (excluding diaryl/α,β-unsaturated/α-hetero) is 1. The highest BCUT2D eigenvalue weighted by molar-refractivity contribution is 5.88. The van der Waals surface area contributed by atoms with E-state index in [0.717, 1.165) is 27.6 Å². The van der Waals surface area contributed by atoms with Gasteiger partial charge in [0, 0.05) is 6.54 Å². The molecule has 1 N–H and O–H groups in total. The quantitative estimate of drug-likeness (QED) is 0.592. The predicted molar refractivity (Wildman–Crippen MR) is 120 cm³/mol. The first-order valence-corrected chi connectivity index (χ1v) is 10.0. The van der Waals surface area contributed by atoms with Crippen molar-refractivity contribution in [2.24, 2.45) is 0 Å². The minimum atomic E-state index is -0.510. The molecule has 0 radical (unpaired) electrons. The van der Waals surface area contributed by atoms with Gasteiger partial charge in [0.1, 0.15) is 5.75 Å². The molecule has 0 fully saturated rings. The van der Waals surface area contributed by atoms with Crippen molar-refractivity contribution < 1.29 is 14.3 Å². The Morgan fingerprint density at radius 1 is 0.967 bits per heavy atom. The molecule has 5 heteroatoms. The van der Waals surface area contributed by atoms with Crippen molar-refractivity contribution in [1.82, 2.24) is 10.2 Å². The van der Waals surface area contributed by atoms with Gasteiger partial charge in [-0.2, -0.15) is 0 Å². The fourth-order valence-corrected chi connectivity index (χ4v) is 3.50. The maximum absolute atomic E-state index is 12.5. The molecule has 156 valence electrons. The van der Waals surface area contributed by atoms with Gasteiger partial charge in [0.25, 0.3) is 0 Å². The summed E-state index contributed by atoms with van der Waals surface area (Å²) < 4.78 is 5.27. The predicted octanol–water partition coefficient (Wildman–Crippen LogP) is 3.60. The molecule has 0 heterocycles. The second-order valence-corrected chi connectivity index (χ2v) is 7.64. The molecule has 0 saturated heterocycles. The molecule has 30 heavy (non-hydrogen) atoms. The molecule has 0 bridgehead atoms. The smallest absolute Gasteiger partial charge is 0.234 e. The van der Waals surface area contributed by atoms with Gasteiger partial charge in [-0.25, -0.2) is 0 Å². The number of hydrogen-bond donors (Lipinski definition) is 1. The van der Waals surface area contributed by atoms with Gasteiger partial charge in [-0.1, -0.05) is 48.5 Å². The number of methoxy groups -OCH3 is 1. The lowest BCUT2D eigenvalue weighted by molar-refractivity contribution is -0.127. The van der Waals surface area contributed by atoms with Crippen molar-refractivity contribution in [3.63, 3.8) is 0 Å². The molecule has 1 atom stereocenters. The van der Waals surface area contributed by atoms with E-state index in [2.05, 4.69) is 23.5 Å². The number of hydrogen-bond acceptors (Lipinski definition) is 4. The molecule has 3 rings (SSSR count). The molecule has 3 aromatic carbocycles. The third kappa shape index (κ3) is 5.91. The highest BCUT2D eigenvalue weighted by atomic mass is 16.5. The highest BCUT2D eigenvalue weighted by Crippen LogP contribution is 2.22. The number of ether oxygens (including phenoxy) is 1. The van der Waals surface area contributed by atoms with Crippen molar-refractivity contribution in [3.05, 3.63) is 77.9 Å². The molecule has 0 saturated carbocycles. The molecule has 0 unspecified atom stereocenters. The summed E-state index contributed by atoms with van der Waals surface area (Å²) in [6.45, 7) is 2.37. The zero-order chi connectivity index (χ0) is 21.5. The SMILES string of the molecule is COc1ccc2cc(CN(C)CC(=O)N[C@H](Cc3ccccc3)C(C)=O)ccc2c1. The first kappa shape index (κ1) is 21.5. The average Bonchev–Trinajstić information content (AvgIpc) is 2.73. The fourth-order valence-electron chi connectivity index (χ4n) is 3.50. The Bertz CT molecular complexity index is 1020. The molecule has 3 aromatic rings. The summed E-state index contributed by atoms with van der Waals surface area (Å²) in [5.41, 5.74) is 2.15. The summed E-state index contributed by atoms with van der Waals surface area (Å²) in [4.78, 5) is 26.5. The van der Waals surface area contributed by atoms with Gasteiger partial charge in [-0.3, -0.25) is 14.5 Å². The van der Waals surface area contributed by atoms with E-state index >= 15 is 0 Å². The lowest BCUT2D eigenvalue weighted by Gasteiger charge is -2.20. The summed E-state index contributed by atoms with van der Waals surface area (Å²) in [6, 6.07) is 21.4. The van der Waals surface area contributed by atoms with Crippen LogP contribution in [0.5, 0.6) is 5.75 Å². The fraction of sp³-hybridized carbons (Fsp3) is 0.280. The monoisotopic (exact) mass is 404 g/mol. The number of rotatable bonds is 9. The first-order valence-electron chi connectivity index (χ1n) is 10.0. The summed E-state index contributed by atoms with van der Waals surface area (Å²) in [5.74, 6) is 0.638.